The summed E-state index contributed by atoms with van der Waals surface area (Å²) in [6.45, 7) is 0.457. The molecule has 6 nitrogen and oxygen atoms in total. The average molecular weight is 330 g/mol. The molecule has 0 radical (unpaired) electrons. The Balaban J connectivity index is 1.75. The zero-order valence-corrected chi connectivity index (χ0v) is 13.9. The molecule has 2 rings (SSSR count). The normalized spacial score (nSPS) is 10.1. The van der Waals surface area contributed by atoms with Crippen LogP contribution in [0.3, 0.4) is 0 Å². The summed E-state index contributed by atoms with van der Waals surface area (Å²) in [6.07, 6.45) is 0.957. The first-order chi connectivity index (χ1) is 11.6. The van der Waals surface area contributed by atoms with Gasteiger partial charge in [-0.25, -0.2) is 0 Å². The maximum atomic E-state index is 12.0. The van der Waals surface area contributed by atoms with Crippen molar-refractivity contribution in [1.29, 1.82) is 0 Å². The molecule has 0 aliphatic rings. The van der Waals surface area contributed by atoms with Crippen molar-refractivity contribution in [2.75, 3.05) is 31.9 Å². The van der Waals surface area contributed by atoms with Crippen LogP contribution in [0.5, 0.6) is 17.2 Å². The van der Waals surface area contributed by atoms with Gasteiger partial charge >= 0.3 is 0 Å². The number of hydrogen-bond donors (Lipinski definition) is 2. The first-order valence-corrected chi connectivity index (χ1v) is 7.62. The molecule has 24 heavy (non-hydrogen) atoms. The van der Waals surface area contributed by atoms with Crippen molar-refractivity contribution in [2.24, 2.45) is 0 Å². The number of carbonyl (C=O) groups excluding carboxylic acids is 1. The number of ether oxygens (including phenoxy) is 3. The van der Waals surface area contributed by atoms with Gasteiger partial charge in [0.25, 0.3) is 0 Å². The fourth-order valence-electron chi connectivity index (χ4n) is 2.12. The van der Waals surface area contributed by atoms with Gasteiger partial charge in [-0.3, -0.25) is 4.79 Å². The highest BCUT2D eigenvalue weighted by atomic mass is 16.5. The number of anilines is 2. The van der Waals surface area contributed by atoms with Crippen LogP contribution in [0, 0.1) is 0 Å². The van der Waals surface area contributed by atoms with E-state index in [0.717, 1.165) is 11.5 Å². The second kappa shape index (κ2) is 8.67. The van der Waals surface area contributed by atoms with Gasteiger partial charge in [-0.15, -0.1) is 0 Å². The van der Waals surface area contributed by atoms with Crippen LogP contribution in [0.15, 0.2) is 42.5 Å². The van der Waals surface area contributed by atoms with E-state index in [1.165, 1.54) is 7.11 Å². The van der Waals surface area contributed by atoms with Crippen molar-refractivity contribution in [3.05, 3.63) is 42.5 Å². The zero-order chi connectivity index (χ0) is 17.4. The first kappa shape index (κ1) is 17.5. The summed E-state index contributed by atoms with van der Waals surface area (Å²) < 4.78 is 15.9. The fourth-order valence-corrected chi connectivity index (χ4v) is 2.12. The Labute approximate surface area is 141 Å². The van der Waals surface area contributed by atoms with Gasteiger partial charge in [0.1, 0.15) is 17.2 Å². The molecule has 0 bridgehead atoms. The molecule has 2 aromatic carbocycles. The third-order valence-electron chi connectivity index (χ3n) is 3.38. The Bertz CT molecular complexity index is 671. The lowest BCUT2D eigenvalue weighted by molar-refractivity contribution is -0.116. The Morgan fingerprint density at radius 3 is 2.42 bits per heavy atom. The number of methoxy groups -OCH3 is 2. The highest BCUT2D eigenvalue weighted by molar-refractivity contribution is 5.92. The molecule has 0 heterocycles. The van der Waals surface area contributed by atoms with Gasteiger partial charge in [-0.1, -0.05) is 0 Å². The Morgan fingerprint density at radius 1 is 1.04 bits per heavy atom. The molecule has 0 saturated carbocycles. The molecule has 128 valence electrons. The van der Waals surface area contributed by atoms with Gasteiger partial charge < -0.3 is 25.3 Å². The minimum atomic E-state index is -0.101. The lowest BCUT2D eigenvalue weighted by Gasteiger charge is -2.11. The molecule has 0 atom stereocenters. The Morgan fingerprint density at radius 2 is 1.75 bits per heavy atom. The van der Waals surface area contributed by atoms with Crippen LogP contribution in [0.4, 0.5) is 11.4 Å². The van der Waals surface area contributed by atoms with Crippen LogP contribution in [0.25, 0.3) is 0 Å². The zero-order valence-electron chi connectivity index (χ0n) is 13.9. The van der Waals surface area contributed by atoms with Crippen molar-refractivity contribution in [1.82, 2.24) is 0 Å². The Hall–Kier alpha value is -2.89. The van der Waals surface area contributed by atoms with E-state index in [2.05, 4.69) is 5.32 Å². The number of nitrogen functional groups attached to an aromatic ring is 1. The van der Waals surface area contributed by atoms with E-state index in [9.17, 15) is 4.79 Å². The van der Waals surface area contributed by atoms with E-state index in [-0.39, 0.29) is 5.91 Å². The predicted octanol–water partition coefficient (Wildman–Crippen LogP) is 3.08. The van der Waals surface area contributed by atoms with Gasteiger partial charge in [-0.2, -0.15) is 0 Å². The van der Waals surface area contributed by atoms with Crippen molar-refractivity contribution in [3.8, 4) is 17.2 Å². The summed E-state index contributed by atoms with van der Waals surface area (Å²) in [4.78, 5) is 12.0. The lowest BCUT2D eigenvalue weighted by Crippen LogP contribution is -2.13. The van der Waals surface area contributed by atoms with Crippen molar-refractivity contribution >= 4 is 17.3 Å². The topological polar surface area (TPSA) is 82.8 Å². The molecular formula is C18H22N2O4. The molecule has 0 aliphatic heterocycles. The van der Waals surface area contributed by atoms with Gasteiger partial charge in [0.2, 0.25) is 5.91 Å². The number of carbonyl (C=O) groups is 1. The minimum Gasteiger partial charge on any atom is -0.497 e. The van der Waals surface area contributed by atoms with Crippen LogP contribution in [0.1, 0.15) is 12.8 Å². The number of hydrogen-bond acceptors (Lipinski definition) is 5. The molecule has 0 unspecified atom stereocenters. The molecule has 6 heteroatoms. The van der Waals surface area contributed by atoms with E-state index >= 15 is 0 Å². The molecule has 2 aromatic rings. The standard InChI is InChI=1S/C18H22N2O4/c1-22-14-6-8-15(9-7-14)24-11-3-4-18(21)20-16-10-5-13(19)12-17(16)23-2/h5-10,12H,3-4,11,19H2,1-2H3,(H,20,21). The van der Waals surface area contributed by atoms with Crippen molar-refractivity contribution in [3.63, 3.8) is 0 Å². The van der Waals surface area contributed by atoms with Crippen LogP contribution < -0.4 is 25.3 Å². The van der Waals surface area contributed by atoms with E-state index in [1.54, 1.807) is 25.3 Å². The predicted molar refractivity (Wildman–Crippen MR) is 93.8 cm³/mol. The van der Waals surface area contributed by atoms with Crippen molar-refractivity contribution < 1.29 is 19.0 Å². The third-order valence-corrected chi connectivity index (χ3v) is 3.38. The summed E-state index contributed by atoms with van der Waals surface area (Å²) in [6, 6.07) is 12.4. The maximum absolute atomic E-state index is 12.0. The van der Waals surface area contributed by atoms with Crippen LogP contribution in [0.2, 0.25) is 0 Å². The Kier molecular flexibility index (Phi) is 6.31. The summed E-state index contributed by atoms with van der Waals surface area (Å²) >= 11 is 0. The van der Waals surface area contributed by atoms with Crippen LogP contribution >= 0.6 is 0 Å². The summed E-state index contributed by atoms with van der Waals surface area (Å²) in [7, 11) is 3.15. The molecule has 0 saturated heterocycles. The third kappa shape index (κ3) is 5.08. The highest BCUT2D eigenvalue weighted by Gasteiger charge is 2.08. The molecule has 0 aliphatic carbocycles. The van der Waals surface area contributed by atoms with E-state index < -0.39 is 0 Å². The monoisotopic (exact) mass is 330 g/mol. The molecular weight excluding hydrogens is 308 g/mol. The molecule has 0 fully saturated rings. The molecule has 0 spiro atoms. The average Bonchev–Trinajstić information content (AvgIpc) is 2.60. The maximum Gasteiger partial charge on any atom is 0.224 e. The quantitative estimate of drug-likeness (QED) is 0.574. The highest BCUT2D eigenvalue weighted by Crippen LogP contribution is 2.26. The first-order valence-electron chi connectivity index (χ1n) is 7.62. The largest absolute Gasteiger partial charge is 0.497 e. The van der Waals surface area contributed by atoms with Gasteiger partial charge in [0, 0.05) is 18.2 Å². The number of nitrogens with two attached hydrogens (primary N) is 1. The minimum absolute atomic E-state index is 0.101. The van der Waals surface area contributed by atoms with E-state index in [1.807, 2.05) is 24.3 Å². The second-order valence-electron chi connectivity index (χ2n) is 5.14. The summed E-state index contributed by atoms with van der Waals surface area (Å²) in [5.74, 6) is 1.96. The molecule has 1 amide bonds. The summed E-state index contributed by atoms with van der Waals surface area (Å²) in [5.41, 5.74) is 6.87. The second-order valence-corrected chi connectivity index (χ2v) is 5.14. The van der Waals surface area contributed by atoms with E-state index in [0.29, 0.717) is 36.6 Å². The van der Waals surface area contributed by atoms with Gasteiger partial charge in [0.15, 0.2) is 0 Å². The summed E-state index contributed by atoms with van der Waals surface area (Å²) in [5, 5.41) is 2.81. The van der Waals surface area contributed by atoms with Crippen LogP contribution in [-0.2, 0) is 4.79 Å². The van der Waals surface area contributed by atoms with Crippen molar-refractivity contribution in [2.45, 2.75) is 12.8 Å². The number of nitrogens with one attached hydrogen (secondary N) is 1. The lowest BCUT2D eigenvalue weighted by atomic mass is 10.2. The van der Waals surface area contributed by atoms with Gasteiger partial charge in [0.05, 0.1) is 26.5 Å². The fraction of sp³-hybridized carbons (Fsp3) is 0.278. The number of amides is 1. The number of rotatable bonds is 8. The molecule has 3 N–H and O–H groups in total. The van der Waals surface area contributed by atoms with Crippen LogP contribution in [-0.4, -0.2) is 26.7 Å². The van der Waals surface area contributed by atoms with Gasteiger partial charge in [-0.05, 0) is 42.8 Å². The SMILES string of the molecule is COc1ccc(OCCCC(=O)Nc2ccc(N)cc2OC)cc1. The smallest absolute Gasteiger partial charge is 0.224 e. The number of benzene rings is 2. The van der Waals surface area contributed by atoms with E-state index in [4.69, 9.17) is 19.9 Å². The molecule has 0 aromatic heterocycles.